The molecular weight excluding hydrogens is 252 g/mol. The maximum absolute atomic E-state index is 9.14. The number of nitrogens with one attached hydrogen (secondary N) is 1. The van der Waals surface area contributed by atoms with E-state index in [4.69, 9.17) is 5.11 Å². The summed E-state index contributed by atoms with van der Waals surface area (Å²) in [7, 11) is 1.91. The zero-order valence-electron chi connectivity index (χ0n) is 12.6. The van der Waals surface area contributed by atoms with Crippen molar-refractivity contribution in [3.63, 3.8) is 0 Å². The van der Waals surface area contributed by atoms with Crippen LogP contribution in [0.15, 0.2) is 6.33 Å². The normalized spacial score (nSPS) is 19.1. The van der Waals surface area contributed by atoms with E-state index in [0.717, 1.165) is 44.0 Å². The zero-order chi connectivity index (χ0) is 14.4. The van der Waals surface area contributed by atoms with Crippen molar-refractivity contribution in [3.8, 4) is 0 Å². The Morgan fingerprint density at radius 1 is 1.45 bits per heavy atom. The molecule has 0 aromatic carbocycles. The third-order valence-corrected chi connectivity index (χ3v) is 4.02. The molecule has 1 fully saturated rings. The SMILES string of the molecule is CCCc1c(NC)ncnc1N1CCCC(CCO)C1. The molecule has 5 heteroatoms. The van der Waals surface area contributed by atoms with Gasteiger partial charge in [0.25, 0.3) is 0 Å². The van der Waals surface area contributed by atoms with Crippen molar-refractivity contribution in [2.75, 3.05) is 37.0 Å². The molecule has 2 N–H and O–H groups in total. The number of nitrogens with zero attached hydrogens (tertiary/aromatic N) is 3. The molecule has 5 nitrogen and oxygen atoms in total. The highest BCUT2D eigenvalue weighted by Gasteiger charge is 2.23. The minimum Gasteiger partial charge on any atom is -0.396 e. The van der Waals surface area contributed by atoms with Crippen LogP contribution in [0.3, 0.4) is 0 Å². The summed E-state index contributed by atoms with van der Waals surface area (Å²) in [5.41, 5.74) is 1.22. The molecule has 2 rings (SSSR count). The van der Waals surface area contributed by atoms with Crippen LogP contribution in [0.4, 0.5) is 11.6 Å². The molecule has 1 aliphatic rings. The van der Waals surface area contributed by atoms with E-state index in [-0.39, 0.29) is 6.61 Å². The van der Waals surface area contributed by atoms with Crippen molar-refractivity contribution >= 4 is 11.6 Å². The third-order valence-electron chi connectivity index (χ3n) is 4.02. The molecule has 1 aliphatic heterocycles. The van der Waals surface area contributed by atoms with Gasteiger partial charge in [-0.2, -0.15) is 0 Å². The molecule has 1 atom stereocenters. The second-order valence-electron chi connectivity index (χ2n) is 5.49. The highest BCUT2D eigenvalue weighted by Crippen LogP contribution is 2.29. The van der Waals surface area contributed by atoms with E-state index in [0.29, 0.717) is 5.92 Å². The Kier molecular flexibility index (Phi) is 5.59. The van der Waals surface area contributed by atoms with Gasteiger partial charge in [0.2, 0.25) is 0 Å². The van der Waals surface area contributed by atoms with Crippen LogP contribution in [0.1, 0.15) is 38.2 Å². The van der Waals surface area contributed by atoms with Gasteiger partial charge in [0.05, 0.1) is 0 Å². The lowest BCUT2D eigenvalue weighted by molar-refractivity contribution is 0.244. The van der Waals surface area contributed by atoms with Gasteiger partial charge in [-0.1, -0.05) is 13.3 Å². The molecule has 1 unspecified atom stereocenters. The summed E-state index contributed by atoms with van der Waals surface area (Å²) in [5.74, 6) is 2.60. The monoisotopic (exact) mass is 278 g/mol. The van der Waals surface area contributed by atoms with Crippen molar-refractivity contribution in [1.29, 1.82) is 0 Å². The predicted molar refractivity (Wildman–Crippen MR) is 82.2 cm³/mol. The fourth-order valence-corrected chi connectivity index (χ4v) is 3.05. The van der Waals surface area contributed by atoms with Crippen LogP contribution >= 0.6 is 0 Å². The van der Waals surface area contributed by atoms with Gasteiger partial charge >= 0.3 is 0 Å². The number of aliphatic hydroxyl groups excluding tert-OH is 1. The summed E-state index contributed by atoms with van der Waals surface area (Å²) in [6, 6.07) is 0. The van der Waals surface area contributed by atoms with Gasteiger partial charge in [0, 0.05) is 32.3 Å². The van der Waals surface area contributed by atoms with E-state index < -0.39 is 0 Å². The van der Waals surface area contributed by atoms with E-state index >= 15 is 0 Å². The lowest BCUT2D eigenvalue weighted by Gasteiger charge is -2.34. The molecule has 1 aromatic rings. The quantitative estimate of drug-likeness (QED) is 0.834. The third kappa shape index (κ3) is 3.39. The molecule has 1 aromatic heterocycles. The molecule has 0 spiro atoms. The summed E-state index contributed by atoms with van der Waals surface area (Å²) < 4.78 is 0. The van der Waals surface area contributed by atoms with Crippen molar-refractivity contribution in [3.05, 3.63) is 11.9 Å². The number of aliphatic hydroxyl groups is 1. The van der Waals surface area contributed by atoms with Crippen molar-refractivity contribution < 1.29 is 5.11 Å². The number of rotatable bonds is 6. The van der Waals surface area contributed by atoms with E-state index in [1.165, 1.54) is 18.4 Å². The van der Waals surface area contributed by atoms with Gasteiger partial charge in [-0.25, -0.2) is 9.97 Å². The van der Waals surface area contributed by atoms with E-state index in [1.807, 2.05) is 7.05 Å². The van der Waals surface area contributed by atoms with Gasteiger partial charge in [-0.15, -0.1) is 0 Å². The summed E-state index contributed by atoms with van der Waals surface area (Å²) in [5, 5.41) is 12.3. The largest absolute Gasteiger partial charge is 0.396 e. The first-order chi connectivity index (χ1) is 9.80. The predicted octanol–water partition coefficient (Wildman–Crippen LogP) is 2.07. The average Bonchev–Trinajstić information content (AvgIpc) is 2.48. The van der Waals surface area contributed by atoms with E-state index in [9.17, 15) is 0 Å². The van der Waals surface area contributed by atoms with Crippen LogP contribution in [0, 0.1) is 5.92 Å². The van der Waals surface area contributed by atoms with Gasteiger partial charge in [0.15, 0.2) is 0 Å². The fourth-order valence-electron chi connectivity index (χ4n) is 3.05. The van der Waals surface area contributed by atoms with E-state index in [2.05, 4.69) is 27.1 Å². The van der Waals surface area contributed by atoms with Crippen LogP contribution in [0.25, 0.3) is 0 Å². The molecule has 2 heterocycles. The lowest BCUT2D eigenvalue weighted by atomic mass is 9.94. The van der Waals surface area contributed by atoms with Crippen molar-refractivity contribution in [1.82, 2.24) is 9.97 Å². The molecule has 1 saturated heterocycles. The fraction of sp³-hybridized carbons (Fsp3) is 0.733. The molecule has 0 aliphatic carbocycles. The Labute approximate surface area is 121 Å². The molecule has 0 amide bonds. The van der Waals surface area contributed by atoms with Gasteiger partial charge < -0.3 is 15.3 Å². The Morgan fingerprint density at radius 3 is 3.00 bits per heavy atom. The van der Waals surface area contributed by atoms with Gasteiger partial charge in [0.1, 0.15) is 18.0 Å². The molecule has 20 heavy (non-hydrogen) atoms. The maximum atomic E-state index is 9.14. The highest BCUT2D eigenvalue weighted by atomic mass is 16.3. The van der Waals surface area contributed by atoms with E-state index in [1.54, 1.807) is 6.33 Å². The second-order valence-corrected chi connectivity index (χ2v) is 5.49. The standard InChI is InChI=1S/C15H26N4O/c1-3-5-13-14(16-2)17-11-18-15(13)19-8-4-6-12(10-19)7-9-20/h11-12,20H,3-10H2,1-2H3,(H,16,17,18). The number of piperidine rings is 1. The first kappa shape index (κ1) is 15.0. The number of hydrogen-bond acceptors (Lipinski definition) is 5. The van der Waals surface area contributed by atoms with Crippen LogP contribution in [0.2, 0.25) is 0 Å². The van der Waals surface area contributed by atoms with Crippen molar-refractivity contribution in [2.45, 2.75) is 39.0 Å². The van der Waals surface area contributed by atoms with Crippen LogP contribution in [0.5, 0.6) is 0 Å². The van der Waals surface area contributed by atoms with Gasteiger partial charge in [-0.05, 0) is 31.6 Å². The number of anilines is 2. The lowest BCUT2D eigenvalue weighted by Crippen LogP contribution is -2.37. The second kappa shape index (κ2) is 7.43. The van der Waals surface area contributed by atoms with Crippen LogP contribution < -0.4 is 10.2 Å². The number of aromatic nitrogens is 2. The smallest absolute Gasteiger partial charge is 0.137 e. The topological polar surface area (TPSA) is 61.3 Å². The first-order valence-electron chi connectivity index (χ1n) is 7.67. The maximum Gasteiger partial charge on any atom is 0.137 e. The van der Waals surface area contributed by atoms with Gasteiger partial charge in [-0.3, -0.25) is 0 Å². The highest BCUT2D eigenvalue weighted by molar-refractivity contribution is 5.58. The Bertz CT molecular complexity index is 422. The summed E-state index contributed by atoms with van der Waals surface area (Å²) >= 11 is 0. The summed E-state index contributed by atoms with van der Waals surface area (Å²) in [6.07, 6.45) is 7.01. The molecule has 0 bridgehead atoms. The Hall–Kier alpha value is -1.36. The minimum atomic E-state index is 0.284. The molecular formula is C15H26N4O. The Balaban J connectivity index is 2.22. The molecule has 0 saturated carbocycles. The average molecular weight is 278 g/mol. The first-order valence-corrected chi connectivity index (χ1v) is 7.67. The van der Waals surface area contributed by atoms with Crippen LogP contribution in [-0.4, -0.2) is 41.8 Å². The van der Waals surface area contributed by atoms with Crippen LogP contribution in [-0.2, 0) is 6.42 Å². The summed E-state index contributed by atoms with van der Waals surface area (Å²) in [4.78, 5) is 11.2. The number of hydrogen-bond donors (Lipinski definition) is 2. The zero-order valence-corrected chi connectivity index (χ0v) is 12.6. The molecule has 112 valence electrons. The minimum absolute atomic E-state index is 0.284. The molecule has 0 radical (unpaired) electrons. The Morgan fingerprint density at radius 2 is 2.30 bits per heavy atom. The summed E-state index contributed by atoms with van der Waals surface area (Å²) in [6.45, 7) is 4.52. The van der Waals surface area contributed by atoms with Crippen molar-refractivity contribution in [2.24, 2.45) is 5.92 Å².